The minimum absolute atomic E-state index is 0.0944. The van der Waals surface area contributed by atoms with Crippen molar-refractivity contribution < 1.29 is 9.90 Å². The Kier molecular flexibility index (Phi) is 4.41. The third-order valence-electron chi connectivity index (χ3n) is 6.28. The number of carbonyl (C=O) groups is 1. The van der Waals surface area contributed by atoms with E-state index in [1.807, 2.05) is 0 Å². The molecule has 3 rings (SSSR count). The van der Waals surface area contributed by atoms with E-state index in [0.717, 1.165) is 32.1 Å². The van der Waals surface area contributed by atoms with Crippen LogP contribution in [0.2, 0.25) is 0 Å². The number of aliphatic hydroxyl groups excluding tert-OH is 1. The maximum Gasteiger partial charge on any atom is 0.139 e. The zero-order chi connectivity index (χ0) is 16.0. The second kappa shape index (κ2) is 5.90. The molecular weight excluding hydrogens is 387 g/mol. The Morgan fingerprint density at radius 2 is 2.09 bits per heavy atom. The Balaban J connectivity index is 1.96. The van der Waals surface area contributed by atoms with Crippen molar-refractivity contribution in [2.24, 2.45) is 16.7 Å². The molecule has 3 heteroatoms. The second-order valence-corrected chi connectivity index (χ2v) is 8.90. The van der Waals surface area contributed by atoms with Gasteiger partial charge in [0.15, 0.2) is 0 Å². The fourth-order valence-electron chi connectivity index (χ4n) is 4.95. The molecule has 4 atom stereocenters. The molecule has 22 heavy (non-hydrogen) atoms. The van der Waals surface area contributed by atoms with E-state index in [2.05, 4.69) is 60.7 Å². The maximum absolute atomic E-state index is 12.8. The zero-order valence-electron chi connectivity index (χ0n) is 13.4. The van der Waals surface area contributed by atoms with Crippen LogP contribution >= 0.6 is 22.6 Å². The first-order valence-corrected chi connectivity index (χ1v) is 9.40. The SMILES string of the molecule is CC1(Cc2cccc(I)c2)C(=O)CC[C@@]2(C)C1CCC[C@@H]2O. The largest absolute Gasteiger partial charge is 0.393 e. The van der Waals surface area contributed by atoms with Crippen LogP contribution < -0.4 is 0 Å². The minimum atomic E-state index is -0.334. The predicted molar refractivity (Wildman–Crippen MR) is 96.7 cm³/mol. The average molecular weight is 412 g/mol. The van der Waals surface area contributed by atoms with Crippen molar-refractivity contribution in [3.8, 4) is 0 Å². The van der Waals surface area contributed by atoms with Crippen LogP contribution in [0.5, 0.6) is 0 Å². The van der Waals surface area contributed by atoms with Crippen LogP contribution in [0.1, 0.15) is 51.5 Å². The van der Waals surface area contributed by atoms with E-state index in [-0.39, 0.29) is 16.9 Å². The van der Waals surface area contributed by atoms with Crippen molar-refractivity contribution in [3.63, 3.8) is 0 Å². The minimum Gasteiger partial charge on any atom is -0.393 e. The second-order valence-electron chi connectivity index (χ2n) is 7.65. The summed E-state index contributed by atoms with van der Waals surface area (Å²) in [7, 11) is 0. The summed E-state index contributed by atoms with van der Waals surface area (Å²) < 4.78 is 1.22. The highest BCUT2D eigenvalue weighted by Gasteiger charge is 2.56. The van der Waals surface area contributed by atoms with Crippen molar-refractivity contribution in [2.45, 2.75) is 58.5 Å². The molecule has 2 unspecified atom stereocenters. The van der Waals surface area contributed by atoms with Crippen molar-refractivity contribution in [1.29, 1.82) is 0 Å². The number of carbonyl (C=O) groups excluding carboxylic acids is 1. The Morgan fingerprint density at radius 3 is 2.82 bits per heavy atom. The van der Waals surface area contributed by atoms with Gasteiger partial charge in [-0.15, -0.1) is 0 Å². The molecule has 1 aromatic rings. The molecule has 2 aliphatic carbocycles. The summed E-state index contributed by atoms with van der Waals surface area (Å²) in [5.41, 5.74) is 0.814. The molecule has 2 aliphatic rings. The van der Waals surface area contributed by atoms with Crippen molar-refractivity contribution in [2.75, 3.05) is 0 Å². The Morgan fingerprint density at radius 1 is 1.32 bits per heavy atom. The maximum atomic E-state index is 12.8. The van der Waals surface area contributed by atoms with Crippen LogP contribution in [0.3, 0.4) is 0 Å². The number of benzene rings is 1. The van der Waals surface area contributed by atoms with E-state index >= 15 is 0 Å². The third kappa shape index (κ3) is 2.64. The number of ketones is 1. The fraction of sp³-hybridized carbons (Fsp3) is 0.632. The standard InChI is InChI=1S/C19H25IO2/c1-18-10-9-17(22)19(2,15(18)7-4-8-16(18)21)12-13-5-3-6-14(20)11-13/h3,5-6,11,15-16,21H,4,7-10,12H2,1-2H3/t15?,16-,18-,19?/m0/s1. The Labute approximate surface area is 146 Å². The van der Waals surface area contributed by atoms with Crippen LogP contribution in [0.25, 0.3) is 0 Å². The first-order chi connectivity index (χ1) is 10.4. The van der Waals surface area contributed by atoms with E-state index in [1.165, 1.54) is 9.13 Å². The van der Waals surface area contributed by atoms with Gasteiger partial charge in [0.1, 0.15) is 5.78 Å². The van der Waals surface area contributed by atoms with Gasteiger partial charge in [-0.2, -0.15) is 0 Å². The smallest absolute Gasteiger partial charge is 0.139 e. The van der Waals surface area contributed by atoms with Gasteiger partial charge in [0, 0.05) is 15.4 Å². The van der Waals surface area contributed by atoms with Crippen LogP contribution in [-0.2, 0) is 11.2 Å². The molecular formula is C19H25IO2. The number of halogens is 1. The van der Waals surface area contributed by atoms with E-state index in [9.17, 15) is 9.90 Å². The topological polar surface area (TPSA) is 37.3 Å². The number of rotatable bonds is 2. The van der Waals surface area contributed by atoms with Gasteiger partial charge in [0.2, 0.25) is 0 Å². The lowest BCUT2D eigenvalue weighted by molar-refractivity contribution is -0.156. The summed E-state index contributed by atoms with van der Waals surface area (Å²) in [5, 5.41) is 10.6. The molecule has 0 saturated heterocycles. The molecule has 0 heterocycles. The molecule has 120 valence electrons. The van der Waals surface area contributed by atoms with Crippen LogP contribution in [0, 0.1) is 20.3 Å². The third-order valence-corrected chi connectivity index (χ3v) is 6.96. The summed E-state index contributed by atoms with van der Waals surface area (Å²) >= 11 is 2.33. The van der Waals surface area contributed by atoms with Gasteiger partial charge in [0.05, 0.1) is 6.10 Å². The lowest BCUT2D eigenvalue weighted by Gasteiger charge is -2.56. The van der Waals surface area contributed by atoms with Crippen LogP contribution in [0.15, 0.2) is 24.3 Å². The molecule has 1 aromatic carbocycles. The van der Waals surface area contributed by atoms with Gasteiger partial charge in [-0.05, 0) is 77.3 Å². The number of hydrogen-bond donors (Lipinski definition) is 1. The normalized spacial score (nSPS) is 38.6. The van der Waals surface area contributed by atoms with Gasteiger partial charge in [-0.3, -0.25) is 4.79 Å². The van der Waals surface area contributed by atoms with E-state index in [1.54, 1.807) is 0 Å². The first-order valence-electron chi connectivity index (χ1n) is 8.32. The lowest BCUT2D eigenvalue weighted by Crippen LogP contribution is -2.56. The van der Waals surface area contributed by atoms with Crippen LogP contribution in [0.4, 0.5) is 0 Å². The predicted octanol–water partition coefficient (Wildman–Crippen LogP) is 4.37. The van der Waals surface area contributed by atoms with Gasteiger partial charge in [-0.1, -0.05) is 32.4 Å². The quantitative estimate of drug-likeness (QED) is 0.733. The van der Waals surface area contributed by atoms with Gasteiger partial charge in [0.25, 0.3) is 0 Å². The number of Topliss-reactive ketones (excluding diaryl/α,β-unsaturated/α-hetero) is 1. The van der Waals surface area contributed by atoms with Crippen molar-refractivity contribution in [1.82, 2.24) is 0 Å². The summed E-state index contributed by atoms with van der Waals surface area (Å²) in [6.07, 6.45) is 5.01. The highest BCUT2D eigenvalue weighted by atomic mass is 127. The molecule has 0 radical (unpaired) electrons. The summed E-state index contributed by atoms with van der Waals surface area (Å²) in [6.45, 7) is 4.36. The number of fused-ring (bicyclic) bond motifs is 1. The summed E-state index contributed by atoms with van der Waals surface area (Å²) in [4.78, 5) is 12.8. The molecule has 0 bridgehead atoms. The summed E-state index contributed by atoms with van der Waals surface area (Å²) in [6, 6.07) is 8.47. The molecule has 2 fully saturated rings. The van der Waals surface area contributed by atoms with Crippen LogP contribution in [-0.4, -0.2) is 17.0 Å². The van der Waals surface area contributed by atoms with Gasteiger partial charge < -0.3 is 5.11 Å². The molecule has 0 aliphatic heterocycles. The van der Waals surface area contributed by atoms with Crippen molar-refractivity contribution >= 4 is 28.4 Å². The number of hydrogen-bond acceptors (Lipinski definition) is 2. The van der Waals surface area contributed by atoms with Crippen molar-refractivity contribution in [3.05, 3.63) is 33.4 Å². The lowest BCUT2D eigenvalue weighted by atomic mass is 9.48. The van der Waals surface area contributed by atoms with E-state index in [4.69, 9.17) is 0 Å². The monoisotopic (exact) mass is 412 g/mol. The number of aliphatic hydroxyl groups is 1. The van der Waals surface area contributed by atoms with Gasteiger partial charge in [-0.25, -0.2) is 0 Å². The molecule has 0 aromatic heterocycles. The highest BCUT2D eigenvalue weighted by Crippen LogP contribution is 2.57. The van der Waals surface area contributed by atoms with E-state index in [0.29, 0.717) is 18.1 Å². The molecule has 2 nitrogen and oxygen atoms in total. The Bertz CT molecular complexity index is 585. The average Bonchev–Trinajstić information content (AvgIpc) is 2.46. The fourth-order valence-corrected chi connectivity index (χ4v) is 5.56. The Hall–Kier alpha value is -0.420. The molecule has 1 N–H and O–H groups in total. The van der Waals surface area contributed by atoms with Gasteiger partial charge >= 0.3 is 0 Å². The highest BCUT2D eigenvalue weighted by molar-refractivity contribution is 14.1. The zero-order valence-corrected chi connectivity index (χ0v) is 15.6. The molecule has 2 saturated carbocycles. The first kappa shape index (κ1) is 16.4. The molecule has 0 spiro atoms. The molecule has 0 amide bonds. The summed E-state index contributed by atoms with van der Waals surface area (Å²) in [5.74, 6) is 0.686. The van der Waals surface area contributed by atoms with E-state index < -0.39 is 0 Å².